The molecule has 1 fully saturated rings. The SMILES string of the molecule is C1CCOC1.CC(C)([c-]1[c-][c-][c-][c-]1)C1c2ccccc2-c2ccccc21.CC(C)([c-]1cccc1)[c-]1c2ccccc2c2ccccc21.[La]. The molecule has 7 aromatic carbocycles. The van der Waals surface area contributed by atoms with Gasteiger partial charge in [-0.15, -0.1) is 39.2 Å². The van der Waals surface area contributed by atoms with Gasteiger partial charge in [-0.25, -0.2) is 12.1 Å². The van der Waals surface area contributed by atoms with Crippen molar-refractivity contribution in [3.63, 3.8) is 0 Å². The maximum atomic E-state index is 4.94. The van der Waals surface area contributed by atoms with Crippen LogP contribution in [0.3, 0.4) is 0 Å². The van der Waals surface area contributed by atoms with E-state index in [4.69, 9.17) is 4.74 Å². The molecular weight excluding hydrogens is 707 g/mol. The minimum absolute atomic E-state index is 0. The number of benzene rings is 4. The van der Waals surface area contributed by atoms with E-state index in [1.54, 1.807) is 0 Å². The Labute approximate surface area is 314 Å². The Hall–Kier alpha value is -3.40. The molecule has 0 N–H and O–H groups in total. The average Bonchev–Trinajstić information content (AvgIpc) is 3.95. The molecule has 1 saturated heterocycles. The smallest absolute Gasteiger partial charge is 0.0466 e. The van der Waals surface area contributed by atoms with Crippen molar-refractivity contribution in [1.29, 1.82) is 0 Å². The fourth-order valence-electron chi connectivity index (χ4n) is 7.75. The minimum Gasteiger partial charge on any atom is -0.998 e. The number of hydrogen-bond acceptors (Lipinski definition) is 1. The molecule has 1 aliphatic heterocycles. The van der Waals surface area contributed by atoms with Gasteiger partial charge in [-0.2, -0.15) is 23.1 Å². The summed E-state index contributed by atoms with van der Waals surface area (Å²) in [5, 5.41) is 5.49. The van der Waals surface area contributed by atoms with Gasteiger partial charge >= 0.3 is 0 Å². The molecule has 2 aliphatic rings. The number of rotatable bonds is 4. The second kappa shape index (κ2) is 14.6. The second-order valence-corrected chi connectivity index (χ2v) is 13.8. The van der Waals surface area contributed by atoms with Crippen LogP contribution in [-0.4, -0.2) is 13.2 Å². The normalized spacial score (nSPS) is 14.0. The van der Waals surface area contributed by atoms with Crippen LogP contribution >= 0.6 is 0 Å². The molecule has 0 aromatic heterocycles. The predicted molar refractivity (Wildman–Crippen MR) is 195 cm³/mol. The van der Waals surface area contributed by atoms with E-state index >= 15 is 0 Å². The Morgan fingerprint density at radius 1 is 0.604 bits per heavy atom. The van der Waals surface area contributed by atoms with Gasteiger partial charge in [-0.3, -0.25) is 0 Å². The van der Waals surface area contributed by atoms with Crippen LogP contribution in [0.5, 0.6) is 0 Å². The molecule has 0 atom stereocenters. The van der Waals surface area contributed by atoms with Crippen LogP contribution in [0.1, 0.15) is 74.3 Å². The van der Waals surface area contributed by atoms with Gasteiger partial charge in [0.05, 0.1) is 0 Å². The number of fused-ring (bicyclic) bond motifs is 6. The van der Waals surface area contributed by atoms with Gasteiger partial charge in [0.1, 0.15) is 0 Å². The monoisotopic (exact) mass is 748 g/mol. The molecule has 0 saturated carbocycles. The fraction of sp³-hybridized carbons (Fsp3) is 0.239. The molecular formula is C46H41LaO-7. The van der Waals surface area contributed by atoms with Gasteiger partial charge in [-0.1, -0.05) is 118 Å². The maximum absolute atomic E-state index is 4.94. The van der Waals surface area contributed by atoms with Gasteiger partial charge < -0.3 is 34.6 Å². The Bertz CT molecular complexity index is 1960. The van der Waals surface area contributed by atoms with Crippen LogP contribution in [0.25, 0.3) is 32.7 Å². The van der Waals surface area contributed by atoms with Gasteiger partial charge in [0, 0.05) is 48.8 Å². The summed E-state index contributed by atoms with van der Waals surface area (Å²) in [6, 6.07) is 55.9. The van der Waals surface area contributed by atoms with Crippen LogP contribution in [-0.2, 0) is 15.6 Å². The molecule has 1 aliphatic carbocycles. The molecule has 48 heavy (non-hydrogen) atoms. The van der Waals surface area contributed by atoms with Crippen molar-refractivity contribution < 1.29 is 40.3 Å². The van der Waals surface area contributed by atoms with E-state index in [-0.39, 0.29) is 46.4 Å². The third kappa shape index (κ3) is 6.37. The molecule has 0 unspecified atom stereocenters. The summed E-state index contributed by atoms with van der Waals surface area (Å²) in [7, 11) is 0. The first-order chi connectivity index (χ1) is 22.9. The van der Waals surface area contributed by atoms with E-state index < -0.39 is 0 Å². The summed E-state index contributed by atoms with van der Waals surface area (Å²) in [5.74, 6) is 0.321. The third-order valence-corrected chi connectivity index (χ3v) is 10.2. The quantitative estimate of drug-likeness (QED) is 0.163. The van der Waals surface area contributed by atoms with Crippen LogP contribution < -0.4 is 0 Å². The fourth-order valence-corrected chi connectivity index (χ4v) is 7.75. The Kier molecular flexibility index (Phi) is 10.5. The van der Waals surface area contributed by atoms with Crippen molar-refractivity contribution in [3.8, 4) is 11.1 Å². The summed E-state index contributed by atoms with van der Waals surface area (Å²) in [4.78, 5) is 0. The summed E-state index contributed by atoms with van der Waals surface area (Å²) in [6.07, 6.45) is 2.56. The first kappa shape index (κ1) is 34.5. The van der Waals surface area contributed by atoms with E-state index in [2.05, 4.69) is 173 Å². The van der Waals surface area contributed by atoms with Crippen LogP contribution in [0.15, 0.2) is 121 Å². The van der Waals surface area contributed by atoms with Crippen LogP contribution in [0, 0.1) is 59.9 Å². The molecule has 241 valence electrons. The maximum Gasteiger partial charge on any atom is 0.0466 e. The van der Waals surface area contributed by atoms with E-state index in [1.807, 2.05) is 0 Å². The van der Waals surface area contributed by atoms with Gasteiger partial charge in [-0.05, 0) is 41.0 Å². The van der Waals surface area contributed by atoms with E-state index in [1.165, 1.54) is 67.8 Å². The Balaban J connectivity index is 0.000000143. The second-order valence-electron chi connectivity index (χ2n) is 13.8. The first-order valence-electron chi connectivity index (χ1n) is 16.8. The molecule has 1 heterocycles. The topological polar surface area (TPSA) is 9.23 Å². The van der Waals surface area contributed by atoms with E-state index in [9.17, 15) is 0 Å². The summed E-state index contributed by atoms with van der Waals surface area (Å²) in [6.45, 7) is 11.2. The van der Waals surface area contributed by atoms with E-state index in [0.717, 1.165) is 18.8 Å². The van der Waals surface area contributed by atoms with Crippen molar-refractivity contribution in [2.24, 2.45) is 0 Å². The van der Waals surface area contributed by atoms with Gasteiger partial charge in [0.2, 0.25) is 0 Å². The molecule has 0 bridgehead atoms. The van der Waals surface area contributed by atoms with Crippen molar-refractivity contribution in [1.82, 2.24) is 0 Å². The summed E-state index contributed by atoms with van der Waals surface area (Å²) < 4.78 is 4.94. The van der Waals surface area contributed by atoms with Crippen molar-refractivity contribution in [2.45, 2.75) is 57.3 Å². The van der Waals surface area contributed by atoms with Crippen LogP contribution in [0.2, 0.25) is 0 Å². The molecule has 2 heteroatoms. The first-order valence-corrected chi connectivity index (χ1v) is 16.8. The third-order valence-electron chi connectivity index (χ3n) is 10.2. The summed E-state index contributed by atoms with van der Waals surface area (Å²) in [5.41, 5.74) is 9.29. The molecule has 7 aromatic rings. The zero-order valence-electron chi connectivity index (χ0n) is 28.4. The number of ether oxygens (including phenoxy) is 1. The predicted octanol–water partition coefficient (Wildman–Crippen LogP) is 11.2. The number of hydrogen-bond donors (Lipinski definition) is 0. The van der Waals surface area contributed by atoms with Crippen LogP contribution in [0.4, 0.5) is 0 Å². The standard InChI is InChI=1S/C21H18.C21H15.C4H8O.La/c2*1-21(2,15-9-3-4-10-15)20-18-13-7-5-11-16(18)17-12-6-8-14-19(17)20;1-2-4-5-3-1;/h3-14H,1-2H3;5-8,11-14,20H,1-2H3;1-4H2;/q-2;-5;;. The minimum atomic E-state index is -0.0841. The Morgan fingerprint density at radius 2 is 1.06 bits per heavy atom. The Morgan fingerprint density at radius 3 is 1.54 bits per heavy atom. The van der Waals surface area contributed by atoms with Gasteiger partial charge in [0.15, 0.2) is 0 Å². The van der Waals surface area contributed by atoms with E-state index in [0.29, 0.717) is 5.92 Å². The molecule has 0 amide bonds. The average molecular weight is 749 g/mol. The van der Waals surface area contributed by atoms with Gasteiger partial charge in [0.25, 0.3) is 0 Å². The molecule has 1 nitrogen and oxygen atoms in total. The largest absolute Gasteiger partial charge is 0.998 e. The summed E-state index contributed by atoms with van der Waals surface area (Å²) >= 11 is 0. The van der Waals surface area contributed by atoms with Crippen molar-refractivity contribution in [2.75, 3.05) is 13.2 Å². The van der Waals surface area contributed by atoms with Crippen molar-refractivity contribution >= 4 is 21.5 Å². The zero-order chi connectivity index (χ0) is 32.4. The molecule has 1 radical (unpaired) electrons. The molecule has 9 rings (SSSR count). The zero-order valence-corrected chi connectivity index (χ0v) is 32.1. The molecule has 0 spiro atoms. The van der Waals surface area contributed by atoms with Crippen molar-refractivity contribution in [3.05, 3.63) is 173 Å².